The van der Waals surface area contributed by atoms with E-state index in [-0.39, 0.29) is 0 Å². The summed E-state index contributed by atoms with van der Waals surface area (Å²) < 4.78 is 5.50. The van der Waals surface area contributed by atoms with E-state index in [2.05, 4.69) is 35.3 Å². The zero-order valence-corrected chi connectivity index (χ0v) is 12.4. The van der Waals surface area contributed by atoms with E-state index in [1.165, 1.54) is 36.9 Å². The highest BCUT2D eigenvalue weighted by Gasteiger charge is 2.18. The van der Waals surface area contributed by atoms with Crippen LogP contribution in [0.2, 0.25) is 0 Å². The first-order valence-electron chi connectivity index (χ1n) is 7.29. The Kier molecular flexibility index (Phi) is 5.23. The van der Waals surface area contributed by atoms with Crippen molar-refractivity contribution in [3.63, 3.8) is 0 Å². The van der Waals surface area contributed by atoms with E-state index in [4.69, 9.17) is 4.74 Å². The maximum Gasteiger partial charge on any atom is 0.123 e. The molecule has 106 valence electrons. The maximum absolute atomic E-state index is 5.50. The molecule has 0 radical (unpaired) electrons. The fourth-order valence-corrected chi connectivity index (χ4v) is 2.85. The predicted molar refractivity (Wildman–Crippen MR) is 79.5 cm³/mol. The van der Waals surface area contributed by atoms with Crippen molar-refractivity contribution in [3.8, 4) is 5.75 Å². The number of methoxy groups -OCH3 is 1. The highest BCUT2D eigenvalue weighted by molar-refractivity contribution is 5.37. The van der Waals surface area contributed by atoms with Crippen molar-refractivity contribution < 1.29 is 4.74 Å². The number of hydrogen-bond donors (Lipinski definition) is 1. The lowest BCUT2D eigenvalue weighted by atomic mass is 10.0. The molecule has 1 atom stereocenters. The molecule has 0 aliphatic carbocycles. The quantitative estimate of drug-likeness (QED) is 0.883. The third kappa shape index (κ3) is 3.71. The average Bonchev–Trinajstić information content (AvgIpc) is 2.43. The summed E-state index contributed by atoms with van der Waals surface area (Å²) in [6, 6.07) is 7.31. The Morgan fingerprint density at radius 3 is 2.89 bits per heavy atom. The van der Waals surface area contributed by atoms with Crippen LogP contribution in [0.4, 0.5) is 0 Å². The van der Waals surface area contributed by atoms with Gasteiger partial charge in [0.15, 0.2) is 0 Å². The van der Waals surface area contributed by atoms with Gasteiger partial charge in [-0.15, -0.1) is 0 Å². The van der Waals surface area contributed by atoms with Gasteiger partial charge in [0.05, 0.1) is 7.11 Å². The fraction of sp³-hybridized carbons (Fsp3) is 0.625. The second kappa shape index (κ2) is 6.92. The van der Waals surface area contributed by atoms with E-state index in [9.17, 15) is 0 Å². The Morgan fingerprint density at radius 1 is 1.37 bits per heavy atom. The standard InChI is InChI=1S/C16H26N2O/c1-13-6-4-5-9-18(13)12-14-7-8-15(11-17-2)16(10-14)19-3/h7-8,10,13,17H,4-6,9,11-12H2,1-3H3. The second-order valence-electron chi connectivity index (χ2n) is 5.49. The topological polar surface area (TPSA) is 24.5 Å². The summed E-state index contributed by atoms with van der Waals surface area (Å²) in [7, 11) is 3.71. The third-order valence-corrected chi connectivity index (χ3v) is 4.04. The fourth-order valence-electron chi connectivity index (χ4n) is 2.85. The summed E-state index contributed by atoms with van der Waals surface area (Å²) in [6.45, 7) is 5.45. The van der Waals surface area contributed by atoms with Crippen molar-refractivity contribution in [1.82, 2.24) is 10.2 Å². The van der Waals surface area contributed by atoms with Crippen molar-refractivity contribution >= 4 is 0 Å². The van der Waals surface area contributed by atoms with E-state index in [1.807, 2.05) is 7.05 Å². The summed E-state index contributed by atoms with van der Waals surface area (Å²) in [4.78, 5) is 2.58. The molecule has 19 heavy (non-hydrogen) atoms. The number of hydrogen-bond acceptors (Lipinski definition) is 3. The van der Waals surface area contributed by atoms with E-state index >= 15 is 0 Å². The molecule has 0 amide bonds. The van der Waals surface area contributed by atoms with Crippen LogP contribution < -0.4 is 10.1 Å². The Labute approximate surface area is 116 Å². The molecule has 1 heterocycles. The van der Waals surface area contributed by atoms with Gasteiger partial charge in [0.25, 0.3) is 0 Å². The monoisotopic (exact) mass is 262 g/mol. The van der Waals surface area contributed by atoms with E-state index in [1.54, 1.807) is 7.11 Å². The molecule has 0 saturated carbocycles. The van der Waals surface area contributed by atoms with Gasteiger partial charge >= 0.3 is 0 Å². The van der Waals surface area contributed by atoms with Crippen molar-refractivity contribution in [2.45, 2.75) is 45.3 Å². The molecular formula is C16H26N2O. The lowest BCUT2D eigenvalue weighted by Gasteiger charge is -2.33. The third-order valence-electron chi connectivity index (χ3n) is 4.04. The summed E-state index contributed by atoms with van der Waals surface area (Å²) in [5.74, 6) is 0.997. The predicted octanol–water partition coefficient (Wildman–Crippen LogP) is 2.79. The molecule has 0 aromatic heterocycles. The van der Waals surface area contributed by atoms with Crippen LogP contribution in [-0.4, -0.2) is 31.6 Å². The maximum atomic E-state index is 5.50. The van der Waals surface area contributed by atoms with Crippen LogP contribution in [-0.2, 0) is 13.1 Å². The molecule has 2 rings (SSSR count). The molecule has 3 nitrogen and oxygen atoms in total. The van der Waals surface area contributed by atoms with Gasteiger partial charge in [0.1, 0.15) is 5.75 Å². The SMILES string of the molecule is CNCc1ccc(CN2CCCCC2C)cc1OC. The van der Waals surface area contributed by atoms with Gasteiger partial charge in [-0.25, -0.2) is 0 Å². The summed E-state index contributed by atoms with van der Waals surface area (Å²) >= 11 is 0. The minimum atomic E-state index is 0.705. The van der Waals surface area contributed by atoms with Crippen LogP contribution in [0.25, 0.3) is 0 Å². The first kappa shape index (κ1) is 14.4. The number of ether oxygens (including phenoxy) is 1. The van der Waals surface area contributed by atoms with Gasteiger partial charge in [0, 0.05) is 24.7 Å². The van der Waals surface area contributed by atoms with Crippen LogP contribution >= 0.6 is 0 Å². The Balaban J connectivity index is 2.07. The molecule has 1 aromatic carbocycles. The molecule has 1 unspecified atom stereocenters. The number of rotatable bonds is 5. The van der Waals surface area contributed by atoms with Crippen LogP contribution in [0, 0.1) is 0 Å². The molecule has 1 saturated heterocycles. The normalized spacial score (nSPS) is 20.5. The summed E-state index contributed by atoms with van der Waals surface area (Å²) in [6.07, 6.45) is 4.04. The molecule has 0 bridgehead atoms. The highest BCUT2D eigenvalue weighted by atomic mass is 16.5. The molecule has 1 aliphatic rings. The van der Waals surface area contributed by atoms with Crippen molar-refractivity contribution in [2.24, 2.45) is 0 Å². The number of piperidine rings is 1. The van der Waals surface area contributed by atoms with Crippen LogP contribution in [0.5, 0.6) is 5.75 Å². The average molecular weight is 262 g/mol. The van der Waals surface area contributed by atoms with E-state index in [0.29, 0.717) is 6.04 Å². The summed E-state index contributed by atoms with van der Waals surface area (Å²) in [5.41, 5.74) is 2.57. The van der Waals surface area contributed by atoms with Gasteiger partial charge < -0.3 is 10.1 Å². The molecule has 1 N–H and O–H groups in total. The Bertz CT molecular complexity index is 406. The van der Waals surface area contributed by atoms with Crippen LogP contribution in [0.3, 0.4) is 0 Å². The van der Waals surface area contributed by atoms with Gasteiger partial charge in [-0.3, -0.25) is 4.90 Å². The largest absolute Gasteiger partial charge is 0.496 e. The smallest absolute Gasteiger partial charge is 0.123 e. The number of benzene rings is 1. The van der Waals surface area contributed by atoms with Gasteiger partial charge in [-0.1, -0.05) is 18.6 Å². The molecule has 1 aliphatic heterocycles. The lowest BCUT2D eigenvalue weighted by Crippen LogP contribution is -2.36. The minimum absolute atomic E-state index is 0.705. The van der Waals surface area contributed by atoms with Crippen LogP contribution in [0.15, 0.2) is 18.2 Å². The zero-order chi connectivity index (χ0) is 13.7. The first-order chi connectivity index (χ1) is 9.24. The van der Waals surface area contributed by atoms with Crippen molar-refractivity contribution in [3.05, 3.63) is 29.3 Å². The minimum Gasteiger partial charge on any atom is -0.496 e. The molecule has 0 spiro atoms. The van der Waals surface area contributed by atoms with Crippen molar-refractivity contribution in [1.29, 1.82) is 0 Å². The van der Waals surface area contributed by atoms with Gasteiger partial charge in [-0.05, 0) is 45.0 Å². The molecule has 3 heteroatoms. The number of nitrogens with zero attached hydrogens (tertiary/aromatic N) is 1. The van der Waals surface area contributed by atoms with Crippen molar-refractivity contribution in [2.75, 3.05) is 20.7 Å². The van der Waals surface area contributed by atoms with E-state index < -0.39 is 0 Å². The highest BCUT2D eigenvalue weighted by Crippen LogP contribution is 2.24. The summed E-state index contributed by atoms with van der Waals surface area (Å²) in [5, 5.41) is 3.18. The van der Waals surface area contributed by atoms with Gasteiger partial charge in [0.2, 0.25) is 0 Å². The van der Waals surface area contributed by atoms with E-state index in [0.717, 1.165) is 18.8 Å². The number of likely N-dealkylation sites (tertiary alicyclic amines) is 1. The molecular weight excluding hydrogens is 236 g/mol. The molecule has 1 aromatic rings. The van der Waals surface area contributed by atoms with Gasteiger partial charge in [-0.2, -0.15) is 0 Å². The lowest BCUT2D eigenvalue weighted by molar-refractivity contribution is 0.152. The second-order valence-corrected chi connectivity index (χ2v) is 5.49. The Hall–Kier alpha value is -1.06. The van der Waals surface area contributed by atoms with Crippen LogP contribution in [0.1, 0.15) is 37.3 Å². The molecule has 1 fully saturated rings. The zero-order valence-electron chi connectivity index (χ0n) is 12.4. The first-order valence-corrected chi connectivity index (χ1v) is 7.29. The number of nitrogens with one attached hydrogen (secondary N) is 1. The Morgan fingerprint density at radius 2 is 2.21 bits per heavy atom.